The maximum atomic E-state index is 11.7. The summed E-state index contributed by atoms with van der Waals surface area (Å²) in [6, 6.07) is 14.3. The number of thiophene rings is 1. The number of carbonyl (C=O) groups is 3. The Labute approximate surface area is 222 Å². The Morgan fingerprint density at radius 3 is 2.57 bits per heavy atom. The number of hydrogen-bond acceptors (Lipinski definition) is 8. The van der Waals surface area contributed by atoms with Gasteiger partial charge in [0.15, 0.2) is 17.2 Å². The van der Waals surface area contributed by atoms with E-state index in [0.29, 0.717) is 27.2 Å². The SMILES string of the molecule is CNC(=O)c1ccc(-n2cc(CNc3cccc(-c4sc(C(=O)O)c(OCC(=O)O)c4Br)c3)nn2)cc1. The average Bonchev–Trinajstić information content (AvgIpc) is 3.50. The van der Waals surface area contributed by atoms with Crippen LogP contribution in [0.5, 0.6) is 5.75 Å². The molecule has 0 saturated heterocycles. The number of carbonyl (C=O) groups excluding carboxylic acids is 1. The van der Waals surface area contributed by atoms with E-state index in [2.05, 4.69) is 36.9 Å². The second-order valence-electron chi connectivity index (χ2n) is 7.61. The summed E-state index contributed by atoms with van der Waals surface area (Å²) in [4.78, 5) is 34.8. The number of carboxylic acids is 2. The fraction of sp³-hybridized carbons (Fsp3) is 0.125. The van der Waals surface area contributed by atoms with Crippen molar-refractivity contribution in [2.45, 2.75) is 6.54 Å². The quantitative estimate of drug-likeness (QED) is 0.217. The predicted molar refractivity (Wildman–Crippen MR) is 140 cm³/mol. The Kier molecular flexibility index (Phi) is 7.84. The first-order chi connectivity index (χ1) is 17.8. The fourth-order valence-electron chi connectivity index (χ4n) is 3.36. The van der Waals surface area contributed by atoms with Gasteiger partial charge in [0, 0.05) is 18.3 Å². The number of amides is 1. The molecule has 2 aromatic carbocycles. The van der Waals surface area contributed by atoms with Crippen LogP contribution in [0.4, 0.5) is 5.69 Å². The Bertz CT molecular complexity index is 1470. The number of aromatic carboxylic acids is 1. The zero-order valence-electron chi connectivity index (χ0n) is 19.3. The number of benzene rings is 2. The normalized spacial score (nSPS) is 10.6. The molecule has 0 bridgehead atoms. The topological polar surface area (TPSA) is 156 Å². The minimum Gasteiger partial charge on any atom is -0.479 e. The van der Waals surface area contributed by atoms with Crippen molar-refractivity contribution in [3.63, 3.8) is 0 Å². The molecule has 4 N–H and O–H groups in total. The number of aliphatic carboxylic acids is 1. The lowest BCUT2D eigenvalue weighted by molar-refractivity contribution is -0.139. The molecule has 0 aliphatic carbocycles. The third kappa shape index (κ3) is 5.95. The molecule has 11 nitrogen and oxygen atoms in total. The summed E-state index contributed by atoms with van der Waals surface area (Å²) in [6.45, 7) is -0.283. The summed E-state index contributed by atoms with van der Waals surface area (Å²) < 4.78 is 7.20. The number of ether oxygens (including phenoxy) is 1. The van der Waals surface area contributed by atoms with Crippen molar-refractivity contribution >= 4 is 50.8 Å². The standard InChI is InChI=1S/C24H20BrN5O6S/c1-26-23(33)13-5-7-17(8-6-13)30-11-16(28-29-30)10-27-15-4-2-3-14(9-15)21-19(25)20(36-12-18(31)32)22(37-21)24(34)35/h2-9,11,27H,10,12H2,1H3,(H,26,33)(H,31,32)(H,34,35). The van der Waals surface area contributed by atoms with Crippen molar-refractivity contribution in [2.75, 3.05) is 19.0 Å². The summed E-state index contributed by atoms with van der Waals surface area (Å²) in [7, 11) is 1.57. The van der Waals surface area contributed by atoms with Crippen molar-refractivity contribution in [3.05, 3.63) is 75.3 Å². The van der Waals surface area contributed by atoms with Crippen molar-refractivity contribution in [1.82, 2.24) is 20.3 Å². The minimum absolute atomic E-state index is 0.0202. The highest BCUT2D eigenvalue weighted by atomic mass is 79.9. The van der Waals surface area contributed by atoms with E-state index in [1.54, 1.807) is 42.2 Å². The summed E-state index contributed by atoms with van der Waals surface area (Å²) >= 11 is 4.35. The van der Waals surface area contributed by atoms with Gasteiger partial charge in [0.25, 0.3) is 5.91 Å². The summed E-state index contributed by atoms with van der Waals surface area (Å²) in [5.74, 6) is -2.61. The number of nitrogens with one attached hydrogen (secondary N) is 2. The molecule has 2 aromatic heterocycles. The van der Waals surface area contributed by atoms with E-state index >= 15 is 0 Å². The highest BCUT2D eigenvalue weighted by Gasteiger charge is 2.24. The van der Waals surface area contributed by atoms with E-state index in [4.69, 9.17) is 9.84 Å². The maximum absolute atomic E-state index is 11.7. The van der Waals surface area contributed by atoms with Crippen molar-refractivity contribution < 1.29 is 29.3 Å². The number of hydrogen-bond donors (Lipinski definition) is 4. The first-order valence-electron chi connectivity index (χ1n) is 10.7. The molecule has 13 heteroatoms. The first kappa shape index (κ1) is 25.9. The van der Waals surface area contributed by atoms with Gasteiger partial charge >= 0.3 is 11.9 Å². The van der Waals surface area contributed by atoms with Crippen LogP contribution >= 0.6 is 27.3 Å². The van der Waals surface area contributed by atoms with Crippen molar-refractivity contribution in [1.29, 1.82) is 0 Å². The molecule has 2 heterocycles. The summed E-state index contributed by atoms with van der Waals surface area (Å²) in [5, 5.41) is 32.6. The van der Waals surface area contributed by atoms with Gasteiger partial charge in [0.05, 0.1) is 27.8 Å². The van der Waals surface area contributed by atoms with Crippen LogP contribution in [-0.4, -0.2) is 56.7 Å². The van der Waals surface area contributed by atoms with Crippen LogP contribution in [0.25, 0.3) is 16.1 Å². The van der Waals surface area contributed by atoms with Gasteiger partial charge in [-0.25, -0.2) is 14.3 Å². The Hall–Kier alpha value is -4.23. The maximum Gasteiger partial charge on any atom is 0.349 e. The zero-order valence-corrected chi connectivity index (χ0v) is 21.7. The van der Waals surface area contributed by atoms with E-state index in [9.17, 15) is 19.5 Å². The fourth-order valence-corrected chi connectivity index (χ4v) is 5.25. The Balaban J connectivity index is 1.48. The lowest BCUT2D eigenvalue weighted by Gasteiger charge is -2.07. The molecule has 1 amide bonds. The number of carboxylic acid groups (broad SMARTS) is 2. The van der Waals surface area contributed by atoms with E-state index in [-0.39, 0.29) is 16.5 Å². The van der Waals surface area contributed by atoms with Crippen molar-refractivity contribution in [2.24, 2.45) is 0 Å². The molecule has 0 atom stereocenters. The largest absolute Gasteiger partial charge is 0.479 e. The van der Waals surface area contributed by atoms with E-state index < -0.39 is 18.5 Å². The molecule has 4 rings (SSSR count). The third-order valence-electron chi connectivity index (χ3n) is 5.10. The molecule has 0 fully saturated rings. The molecule has 190 valence electrons. The van der Waals surface area contributed by atoms with Gasteiger partial charge in [-0.15, -0.1) is 16.4 Å². The number of nitrogens with zero attached hydrogens (tertiary/aromatic N) is 3. The van der Waals surface area contributed by atoms with Gasteiger partial charge in [-0.1, -0.05) is 17.3 Å². The summed E-state index contributed by atoms with van der Waals surface area (Å²) in [6.07, 6.45) is 1.77. The smallest absolute Gasteiger partial charge is 0.349 e. The third-order valence-corrected chi connectivity index (χ3v) is 7.33. The number of anilines is 1. The van der Waals surface area contributed by atoms with Crippen LogP contribution in [0, 0.1) is 0 Å². The number of aromatic nitrogens is 3. The van der Waals surface area contributed by atoms with Gasteiger partial charge in [-0.05, 0) is 57.9 Å². The van der Waals surface area contributed by atoms with E-state index in [1.807, 2.05) is 24.3 Å². The monoisotopic (exact) mass is 585 g/mol. The van der Waals surface area contributed by atoms with Gasteiger partial charge in [-0.3, -0.25) is 4.79 Å². The van der Waals surface area contributed by atoms with Crippen LogP contribution in [0.2, 0.25) is 0 Å². The van der Waals surface area contributed by atoms with Crippen LogP contribution < -0.4 is 15.4 Å². The number of halogens is 1. The van der Waals surface area contributed by atoms with E-state index in [1.165, 1.54) is 0 Å². The second-order valence-corrected chi connectivity index (χ2v) is 9.42. The summed E-state index contributed by atoms with van der Waals surface area (Å²) in [5.41, 5.74) is 3.45. The van der Waals surface area contributed by atoms with Crippen LogP contribution in [0.15, 0.2) is 59.2 Å². The van der Waals surface area contributed by atoms with Crippen LogP contribution in [0.3, 0.4) is 0 Å². The number of rotatable bonds is 10. The first-order valence-corrected chi connectivity index (χ1v) is 12.4. The second kappa shape index (κ2) is 11.2. The lowest BCUT2D eigenvalue weighted by Crippen LogP contribution is -2.17. The highest BCUT2D eigenvalue weighted by Crippen LogP contribution is 2.46. The molecular formula is C24H20BrN5O6S. The molecule has 0 aliphatic rings. The van der Waals surface area contributed by atoms with Crippen molar-refractivity contribution in [3.8, 4) is 21.9 Å². The molecule has 0 radical (unpaired) electrons. The molecule has 0 unspecified atom stereocenters. The highest BCUT2D eigenvalue weighted by molar-refractivity contribution is 9.10. The molecule has 0 spiro atoms. The van der Waals surface area contributed by atoms with Gasteiger partial charge in [0.2, 0.25) is 0 Å². The Morgan fingerprint density at radius 2 is 1.89 bits per heavy atom. The molecule has 37 heavy (non-hydrogen) atoms. The van der Waals surface area contributed by atoms with Crippen LogP contribution in [-0.2, 0) is 11.3 Å². The predicted octanol–water partition coefficient (Wildman–Crippen LogP) is 3.89. The molecule has 0 saturated carbocycles. The van der Waals surface area contributed by atoms with Gasteiger partial charge in [0.1, 0.15) is 5.69 Å². The average molecular weight is 586 g/mol. The molecule has 4 aromatic rings. The molecular weight excluding hydrogens is 566 g/mol. The molecule has 0 aliphatic heterocycles. The van der Waals surface area contributed by atoms with E-state index in [0.717, 1.165) is 28.3 Å². The zero-order chi connectivity index (χ0) is 26.5. The van der Waals surface area contributed by atoms with Gasteiger partial charge < -0.3 is 25.6 Å². The van der Waals surface area contributed by atoms with Crippen LogP contribution in [0.1, 0.15) is 25.7 Å². The minimum atomic E-state index is -1.21. The lowest BCUT2D eigenvalue weighted by atomic mass is 10.1. The Morgan fingerprint density at radius 1 is 1.14 bits per heavy atom. The van der Waals surface area contributed by atoms with Gasteiger partial charge in [-0.2, -0.15) is 0 Å².